The van der Waals surface area contributed by atoms with Gasteiger partial charge in [-0.05, 0) is 98.6 Å². The molecule has 2 aliphatic heterocycles. The number of alkyl halides is 3. The van der Waals surface area contributed by atoms with E-state index in [-0.39, 0.29) is 11.8 Å². The molecule has 0 unspecified atom stereocenters. The van der Waals surface area contributed by atoms with E-state index in [1.165, 1.54) is 54.6 Å². The number of amidine groups is 1. The van der Waals surface area contributed by atoms with Crippen LogP contribution in [0.4, 0.5) is 22.0 Å². The Bertz CT molecular complexity index is 1610. The highest BCUT2D eigenvalue weighted by Gasteiger charge is 2.51. The van der Waals surface area contributed by atoms with Gasteiger partial charge in [-0.3, -0.25) is 19.7 Å². The zero-order valence-electron chi connectivity index (χ0n) is 24.2. The molecule has 4 aromatic rings. The van der Waals surface area contributed by atoms with Crippen molar-refractivity contribution in [2.75, 3.05) is 26.2 Å². The van der Waals surface area contributed by atoms with Crippen LogP contribution < -0.4 is 0 Å². The molecule has 0 atom stereocenters. The molecule has 232 valence electrons. The van der Waals surface area contributed by atoms with Crippen molar-refractivity contribution in [3.8, 4) is 0 Å². The summed E-state index contributed by atoms with van der Waals surface area (Å²) in [5.41, 5.74) is -0.231. The van der Waals surface area contributed by atoms with Crippen molar-refractivity contribution in [1.29, 1.82) is 0 Å². The molecule has 0 aliphatic carbocycles. The number of benzene rings is 2. The van der Waals surface area contributed by atoms with Crippen LogP contribution in [0, 0.1) is 11.6 Å². The summed E-state index contributed by atoms with van der Waals surface area (Å²) >= 11 is 0. The minimum atomic E-state index is -4.41. The fourth-order valence-corrected chi connectivity index (χ4v) is 6.10. The van der Waals surface area contributed by atoms with E-state index >= 15 is 0 Å². The van der Waals surface area contributed by atoms with Crippen LogP contribution in [0.25, 0.3) is 0 Å². The Balaban J connectivity index is 1.19. The summed E-state index contributed by atoms with van der Waals surface area (Å²) in [6, 6.07) is 19.1. The fraction of sp³-hybridized carbons (Fsp3) is 0.294. The van der Waals surface area contributed by atoms with Crippen LogP contribution in [0.3, 0.4) is 0 Å². The average molecular weight is 620 g/mol. The second-order valence-corrected chi connectivity index (χ2v) is 11.3. The Kier molecular flexibility index (Phi) is 8.46. The lowest BCUT2D eigenvalue weighted by atomic mass is 9.82. The third-order valence-corrected chi connectivity index (χ3v) is 8.48. The summed E-state index contributed by atoms with van der Waals surface area (Å²) in [6.45, 7) is 2.51. The van der Waals surface area contributed by atoms with Gasteiger partial charge in [-0.1, -0.05) is 30.3 Å². The van der Waals surface area contributed by atoms with E-state index in [0.717, 1.165) is 38.2 Å². The quantitative estimate of drug-likeness (QED) is 0.209. The number of aromatic nitrogens is 2. The van der Waals surface area contributed by atoms with Gasteiger partial charge in [-0.25, -0.2) is 13.8 Å². The number of rotatable bonds is 8. The number of amides is 1. The number of carbonyl (C=O) groups is 1. The highest BCUT2D eigenvalue weighted by molar-refractivity contribution is 6.16. The van der Waals surface area contributed by atoms with E-state index in [4.69, 9.17) is 4.99 Å². The zero-order chi connectivity index (χ0) is 31.6. The molecule has 2 aromatic heterocycles. The predicted octanol–water partition coefficient (Wildman–Crippen LogP) is 6.58. The van der Waals surface area contributed by atoms with Gasteiger partial charge in [0.25, 0.3) is 5.91 Å². The Morgan fingerprint density at radius 2 is 1.44 bits per heavy atom. The lowest BCUT2D eigenvalue weighted by Crippen LogP contribution is -2.43. The Hall–Kier alpha value is -4.51. The largest absolute Gasteiger partial charge is 0.417 e. The van der Waals surface area contributed by atoms with Crippen molar-refractivity contribution in [2.24, 2.45) is 4.99 Å². The lowest BCUT2D eigenvalue weighted by Gasteiger charge is -2.32. The molecular weight excluding hydrogens is 589 g/mol. The van der Waals surface area contributed by atoms with Gasteiger partial charge in [0.1, 0.15) is 17.3 Å². The molecule has 1 fully saturated rings. The first-order valence-corrected chi connectivity index (χ1v) is 14.8. The minimum Gasteiger partial charge on any atom is -0.303 e. The molecule has 0 N–H and O–H groups in total. The maximum Gasteiger partial charge on any atom is 0.417 e. The van der Waals surface area contributed by atoms with Gasteiger partial charge in [-0.2, -0.15) is 13.2 Å². The number of nitrogens with zero attached hydrogens (tertiary/aromatic N) is 5. The molecule has 1 amide bonds. The third kappa shape index (κ3) is 6.22. The predicted molar refractivity (Wildman–Crippen MR) is 158 cm³/mol. The van der Waals surface area contributed by atoms with Crippen LogP contribution in [-0.4, -0.2) is 57.7 Å². The molecule has 45 heavy (non-hydrogen) atoms. The Morgan fingerprint density at radius 1 is 0.800 bits per heavy atom. The first-order chi connectivity index (χ1) is 21.6. The van der Waals surface area contributed by atoms with Crippen molar-refractivity contribution < 1.29 is 26.7 Å². The second kappa shape index (κ2) is 12.5. The first-order valence-electron chi connectivity index (χ1n) is 14.8. The summed E-state index contributed by atoms with van der Waals surface area (Å²) in [4.78, 5) is 31.8. The standard InChI is InChI=1S/C34H30F5N5O/c35-27-10-5-24(6-11-27)33(25-7-12-28(36)13-8-25)32(45)44(31(42-33)30-4-1-2-17-40-30)19-3-18-43-20-15-23(16-21-43)29-14-9-26(22-41-29)34(37,38)39/h1-2,4-14,17,22-23H,3,15-16,18-21H2. The van der Waals surface area contributed by atoms with E-state index in [9.17, 15) is 26.7 Å². The molecule has 6 nitrogen and oxygen atoms in total. The van der Waals surface area contributed by atoms with Crippen LogP contribution in [-0.2, 0) is 16.5 Å². The molecule has 2 aromatic carbocycles. The SMILES string of the molecule is O=C1N(CCCN2CCC(c3ccc(C(F)(F)F)cn3)CC2)C(c2ccccn2)=NC1(c1ccc(F)cc1)c1ccc(F)cc1. The second-order valence-electron chi connectivity index (χ2n) is 11.3. The van der Waals surface area contributed by atoms with Crippen molar-refractivity contribution >= 4 is 11.7 Å². The van der Waals surface area contributed by atoms with Crippen LogP contribution in [0.1, 0.15) is 53.3 Å². The van der Waals surface area contributed by atoms with Gasteiger partial charge in [0.15, 0.2) is 11.4 Å². The number of hydrogen-bond acceptors (Lipinski definition) is 5. The molecule has 0 saturated carbocycles. The fourth-order valence-electron chi connectivity index (χ4n) is 6.10. The highest BCUT2D eigenvalue weighted by atomic mass is 19.4. The van der Waals surface area contributed by atoms with Crippen molar-refractivity contribution in [3.63, 3.8) is 0 Å². The van der Waals surface area contributed by atoms with Gasteiger partial charge in [-0.15, -0.1) is 0 Å². The normalized spacial score (nSPS) is 17.5. The number of piperidine rings is 1. The molecule has 0 spiro atoms. The van der Waals surface area contributed by atoms with Crippen molar-refractivity contribution in [1.82, 2.24) is 19.8 Å². The summed E-state index contributed by atoms with van der Waals surface area (Å²) in [6.07, 6.45) is 0.243. The smallest absolute Gasteiger partial charge is 0.303 e. The number of aliphatic imine (C=N–C) groups is 1. The van der Waals surface area contributed by atoms with E-state index < -0.39 is 28.9 Å². The number of carbonyl (C=O) groups excluding carboxylic acids is 1. The summed E-state index contributed by atoms with van der Waals surface area (Å²) in [5, 5.41) is 0. The van der Waals surface area contributed by atoms with Crippen LogP contribution in [0.15, 0.2) is 96.2 Å². The van der Waals surface area contributed by atoms with Gasteiger partial charge in [0.2, 0.25) is 0 Å². The minimum absolute atomic E-state index is 0.0821. The molecule has 4 heterocycles. The van der Waals surface area contributed by atoms with Gasteiger partial charge >= 0.3 is 6.18 Å². The summed E-state index contributed by atoms with van der Waals surface area (Å²) in [7, 11) is 0. The average Bonchev–Trinajstić information content (AvgIpc) is 3.34. The monoisotopic (exact) mass is 619 g/mol. The number of halogens is 5. The van der Waals surface area contributed by atoms with Gasteiger partial charge in [0, 0.05) is 30.6 Å². The summed E-state index contributed by atoms with van der Waals surface area (Å²) in [5.74, 6) is -0.794. The number of hydrogen-bond donors (Lipinski definition) is 0. The molecule has 11 heteroatoms. The molecular formula is C34H30F5N5O. The highest BCUT2D eigenvalue weighted by Crippen LogP contribution is 2.41. The number of likely N-dealkylation sites (tertiary alicyclic amines) is 1. The lowest BCUT2D eigenvalue weighted by molar-refractivity contribution is -0.137. The van der Waals surface area contributed by atoms with E-state index in [1.807, 2.05) is 0 Å². The zero-order valence-corrected chi connectivity index (χ0v) is 24.2. The Labute approximate surface area is 257 Å². The maximum absolute atomic E-state index is 14.5. The van der Waals surface area contributed by atoms with Crippen LogP contribution in [0.5, 0.6) is 0 Å². The topological polar surface area (TPSA) is 61.7 Å². The number of pyridine rings is 2. The summed E-state index contributed by atoms with van der Waals surface area (Å²) < 4.78 is 66.7. The van der Waals surface area contributed by atoms with Crippen molar-refractivity contribution in [2.45, 2.75) is 36.9 Å². The van der Waals surface area contributed by atoms with Crippen molar-refractivity contribution in [3.05, 3.63) is 131 Å². The molecule has 1 saturated heterocycles. The molecule has 0 bridgehead atoms. The van der Waals surface area contributed by atoms with Gasteiger partial charge < -0.3 is 4.90 Å². The van der Waals surface area contributed by atoms with Crippen LogP contribution in [0.2, 0.25) is 0 Å². The molecule has 2 aliphatic rings. The maximum atomic E-state index is 14.5. The van der Waals surface area contributed by atoms with Gasteiger partial charge in [0.05, 0.1) is 5.56 Å². The van der Waals surface area contributed by atoms with E-state index in [2.05, 4.69) is 14.9 Å². The molecule has 6 rings (SSSR count). The molecule has 0 radical (unpaired) electrons. The van der Waals surface area contributed by atoms with E-state index in [1.54, 1.807) is 29.3 Å². The first kappa shape index (κ1) is 30.5. The Morgan fingerprint density at radius 3 is 1.98 bits per heavy atom. The van der Waals surface area contributed by atoms with E-state index in [0.29, 0.717) is 47.9 Å². The third-order valence-electron chi connectivity index (χ3n) is 8.48. The van der Waals surface area contributed by atoms with Crippen LogP contribution >= 0.6 is 0 Å².